The second-order valence-corrected chi connectivity index (χ2v) is 11.0. The van der Waals surface area contributed by atoms with Crippen molar-refractivity contribution in [1.82, 2.24) is 9.88 Å². The second-order valence-electron chi connectivity index (χ2n) is 11.0. The summed E-state index contributed by atoms with van der Waals surface area (Å²) in [5.41, 5.74) is 1.91. The Morgan fingerprint density at radius 2 is 1.72 bits per heavy atom. The Morgan fingerprint density at radius 3 is 2.39 bits per heavy atom. The number of aromatic nitrogens is 1. The zero-order chi connectivity index (χ0) is 26.5. The molecule has 1 aliphatic heterocycles. The fourth-order valence-electron chi connectivity index (χ4n) is 4.24. The number of hydrogen-bond acceptors (Lipinski definition) is 4. The molecule has 0 spiro atoms. The van der Waals surface area contributed by atoms with E-state index in [0.717, 1.165) is 11.1 Å². The van der Waals surface area contributed by atoms with Gasteiger partial charge in [-0.1, -0.05) is 26.8 Å². The number of alkyl carbamates (subject to hydrolysis) is 1. The molecular formula is C27H31F3N2O4. The summed E-state index contributed by atoms with van der Waals surface area (Å²) < 4.78 is 58.2. The molecule has 0 aliphatic carbocycles. The first kappa shape index (κ1) is 25.7. The summed E-state index contributed by atoms with van der Waals surface area (Å²) in [6.45, 7) is 12.3. The van der Waals surface area contributed by atoms with Gasteiger partial charge in [-0.15, -0.1) is 8.78 Å². The first-order chi connectivity index (χ1) is 16.6. The highest BCUT2D eigenvalue weighted by atomic mass is 19.3. The van der Waals surface area contributed by atoms with Crippen molar-refractivity contribution in [3.8, 4) is 11.5 Å². The third-order valence-corrected chi connectivity index (χ3v) is 5.70. The molecule has 4 rings (SSSR count). The van der Waals surface area contributed by atoms with E-state index in [-0.39, 0.29) is 23.3 Å². The van der Waals surface area contributed by atoms with Crippen molar-refractivity contribution in [3.63, 3.8) is 0 Å². The average molecular weight is 505 g/mol. The van der Waals surface area contributed by atoms with E-state index >= 15 is 4.39 Å². The van der Waals surface area contributed by atoms with Gasteiger partial charge in [-0.05, 0) is 62.2 Å². The number of benzene rings is 2. The van der Waals surface area contributed by atoms with Crippen LogP contribution >= 0.6 is 0 Å². The number of carbonyl (C=O) groups excluding carboxylic acids is 1. The molecule has 3 aromatic rings. The van der Waals surface area contributed by atoms with Crippen LogP contribution in [0.2, 0.25) is 0 Å². The van der Waals surface area contributed by atoms with Crippen LogP contribution in [-0.4, -0.2) is 29.1 Å². The Labute approximate surface area is 208 Å². The zero-order valence-electron chi connectivity index (χ0n) is 21.3. The van der Waals surface area contributed by atoms with Crippen molar-refractivity contribution in [1.29, 1.82) is 0 Å². The van der Waals surface area contributed by atoms with Crippen molar-refractivity contribution in [2.75, 3.05) is 6.54 Å². The van der Waals surface area contributed by atoms with Crippen LogP contribution in [0.25, 0.3) is 10.9 Å². The molecule has 1 aromatic heterocycles. The summed E-state index contributed by atoms with van der Waals surface area (Å²) in [4.78, 5) is 12.1. The fraction of sp³-hybridized carbons (Fsp3) is 0.444. The van der Waals surface area contributed by atoms with Gasteiger partial charge in [0.25, 0.3) is 0 Å². The molecule has 2 heterocycles. The molecule has 0 bridgehead atoms. The molecule has 0 radical (unpaired) electrons. The Bertz CT molecular complexity index is 1300. The number of rotatable bonds is 5. The minimum atomic E-state index is -3.70. The van der Waals surface area contributed by atoms with Gasteiger partial charge in [-0.2, -0.15) is 0 Å². The Hall–Kier alpha value is -3.36. The van der Waals surface area contributed by atoms with E-state index in [1.165, 1.54) is 18.2 Å². The van der Waals surface area contributed by atoms with E-state index in [9.17, 15) is 13.6 Å². The number of nitrogens with zero attached hydrogens (tertiary/aromatic N) is 1. The summed E-state index contributed by atoms with van der Waals surface area (Å²) in [5, 5.41) is 3.60. The van der Waals surface area contributed by atoms with Crippen molar-refractivity contribution >= 4 is 17.0 Å². The van der Waals surface area contributed by atoms with E-state index < -0.39 is 23.8 Å². The molecule has 0 unspecified atom stereocenters. The topological polar surface area (TPSA) is 61.7 Å². The lowest BCUT2D eigenvalue weighted by Crippen LogP contribution is -2.34. The maximum Gasteiger partial charge on any atom is 0.586 e. The van der Waals surface area contributed by atoms with Gasteiger partial charge in [-0.25, -0.2) is 9.18 Å². The van der Waals surface area contributed by atoms with E-state index in [4.69, 9.17) is 4.74 Å². The van der Waals surface area contributed by atoms with Crippen LogP contribution in [-0.2, 0) is 23.1 Å². The van der Waals surface area contributed by atoms with Gasteiger partial charge in [0.05, 0.1) is 5.52 Å². The second kappa shape index (κ2) is 8.94. The van der Waals surface area contributed by atoms with Crippen LogP contribution in [0.15, 0.2) is 36.4 Å². The molecule has 2 aromatic carbocycles. The third kappa shape index (κ3) is 5.71. The van der Waals surface area contributed by atoms with Crippen LogP contribution in [0.5, 0.6) is 11.5 Å². The van der Waals surface area contributed by atoms with Gasteiger partial charge >= 0.3 is 12.4 Å². The minimum Gasteiger partial charge on any atom is -0.444 e. The Balaban J connectivity index is 1.59. The summed E-state index contributed by atoms with van der Waals surface area (Å²) in [5.74, 6) is -0.533. The number of alkyl halides is 2. The maximum atomic E-state index is 15.2. The highest BCUT2D eigenvalue weighted by molar-refractivity contribution is 5.83. The first-order valence-corrected chi connectivity index (χ1v) is 11.8. The van der Waals surface area contributed by atoms with E-state index in [0.29, 0.717) is 29.7 Å². The third-order valence-electron chi connectivity index (χ3n) is 5.70. The van der Waals surface area contributed by atoms with Crippen LogP contribution in [0.3, 0.4) is 0 Å². The monoisotopic (exact) mass is 504 g/mol. The van der Waals surface area contributed by atoms with Gasteiger partial charge in [0.2, 0.25) is 0 Å². The summed E-state index contributed by atoms with van der Waals surface area (Å²) in [6, 6.07) is 9.72. The van der Waals surface area contributed by atoms with E-state index in [1.807, 2.05) is 10.6 Å². The van der Waals surface area contributed by atoms with Crippen LogP contribution in [0.4, 0.5) is 18.0 Å². The molecule has 1 N–H and O–H groups in total. The van der Waals surface area contributed by atoms with E-state index in [1.54, 1.807) is 32.9 Å². The maximum absolute atomic E-state index is 15.2. The Kier molecular flexibility index (Phi) is 6.39. The molecule has 0 saturated heterocycles. The smallest absolute Gasteiger partial charge is 0.444 e. The molecule has 0 atom stereocenters. The number of nitrogens with one attached hydrogen (secondary N) is 1. The lowest BCUT2D eigenvalue weighted by molar-refractivity contribution is -0.286. The van der Waals surface area contributed by atoms with Crippen molar-refractivity contribution in [3.05, 3.63) is 59.0 Å². The lowest BCUT2D eigenvalue weighted by Gasteiger charge is -2.23. The molecule has 0 fully saturated rings. The van der Waals surface area contributed by atoms with Crippen molar-refractivity contribution < 1.29 is 32.2 Å². The number of amides is 1. The molecule has 0 saturated carbocycles. The average Bonchev–Trinajstić information content (AvgIpc) is 3.22. The lowest BCUT2D eigenvalue weighted by atomic mass is 9.92. The highest BCUT2D eigenvalue weighted by Crippen LogP contribution is 2.41. The van der Waals surface area contributed by atoms with Crippen LogP contribution in [0, 0.1) is 5.82 Å². The van der Waals surface area contributed by atoms with Gasteiger partial charge in [0.15, 0.2) is 11.5 Å². The molecule has 36 heavy (non-hydrogen) atoms. The summed E-state index contributed by atoms with van der Waals surface area (Å²) in [7, 11) is 0. The molecule has 9 heteroatoms. The summed E-state index contributed by atoms with van der Waals surface area (Å²) in [6.07, 6.45) is -4.01. The summed E-state index contributed by atoms with van der Waals surface area (Å²) >= 11 is 0. The fourth-order valence-corrected chi connectivity index (χ4v) is 4.24. The SMILES string of the molecule is CC(C)(C)OC(=O)NCCn1c(C(C)(C)C)cc2cc(Cc3ccc4c(c3)OC(F)(F)O4)c(F)cc21. The normalized spacial score (nSPS) is 14.8. The van der Waals surface area contributed by atoms with Gasteiger partial charge < -0.3 is 24.1 Å². The van der Waals surface area contributed by atoms with Crippen LogP contribution in [0.1, 0.15) is 58.4 Å². The highest BCUT2D eigenvalue weighted by Gasteiger charge is 2.43. The van der Waals surface area contributed by atoms with E-state index in [2.05, 4.69) is 35.6 Å². The van der Waals surface area contributed by atoms with Gasteiger partial charge in [-0.3, -0.25) is 0 Å². The minimum absolute atomic E-state index is 0.0495. The molecule has 194 valence electrons. The largest absolute Gasteiger partial charge is 0.586 e. The number of halogens is 3. The quantitative estimate of drug-likeness (QED) is 0.430. The molecule has 1 amide bonds. The molecule has 6 nitrogen and oxygen atoms in total. The number of hydrogen-bond donors (Lipinski definition) is 1. The predicted octanol–water partition coefficient (Wildman–Crippen LogP) is 6.51. The molecular weight excluding hydrogens is 473 g/mol. The first-order valence-electron chi connectivity index (χ1n) is 11.8. The van der Waals surface area contributed by atoms with Gasteiger partial charge in [0.1, 0.15) is 11.4 Å². The number of ether oxygens (including phenoxy) is 3. The number of fused-ring (bicyclic) bond motifs is 2. The predicted molar refractivity (Wildman–Crippen MR) is 130 cm³/mol. The van der Waals surface area contributed by atoms with Crippen LogP contribution < -0.4 is 14.8 Å². The van der Waals surface area contributed by atoms with Gasteiger partial charge in [0, 0.05) is 36.0 Å². The molecule has 1 aliphatic rings. The van der Waals surface area contributed by atoms with Crippen molar-refractivity contribution in [2.45, 2.75) is 71.8 Å². The standard InChI is InChI=1S/C27H31F3N2O4/c1-25(2,3)23-14-18-13-17(11-16-7-8-21-22(12-16)35-27(29,30)34-21)19(28)15-20(18)32(23)10-9-31-24(33)36-26(4,5)6/h7-8,12-15H,9-11H2,1-6H3,(H,31,33). The Morgan fingerprint density at radius 1 is 1.03 bits per heavy atom. The van der Waals surface area contributed by atoms with Crippen molar-refractivity contribution in [2.24, 2.45) is 0 Å². The number of carbonyl (C=O) groups is 1. The zero-order valence-corrected chi connectivity index (χ0v) is 21.3.